The molecule has 0 aromatic heterocycles. The zero-order chi connectivity index (χ0) is 14.4. The van der Waals surface area contributed by atoms with Crippen LogP contribution >= 0.6 is 0 Å². The molecule has 0 bridgehead atoms. The predicted octanol–water partition coefficient (Wildman–Crippen LogP) is 0.502. The molecule has 1 aliphatic heterocycles. The van der Waals surface area contributed by atoms with Crippen LogP contribution in [0.4, 0.5) is 5.69 Å². The summed E-state index contributed by atoms with van der Waals surface area (Å²) in [6.07, 6.45) is 1.69. The maximum Gasteiger partial charge on any atom is 0.238 e. The number of benzene rings is 1. The number of piperidine rings is 1. The maximum atomic E-state index is 11.8. The number of methoxy groups -OCH3 is 1. The largest absolute Gasteiger partial charge is 0.497 e. The van der Waals surface area contributed by atoms with Gasteiger partial charge in [-0.15, -0.1) is 0 Å². The predicted molar refractivity (Wildman–Crippen MR) is 75.7 cm³/mol. The Morgan fingerprint density at radius 2 is 2.35 bits per heavy atom. The average Bonchev–Trinajstić information content (AvgIpc) is 2.46. The molecular weight excluding hydrogens is 258 g/mol. The fraction of sp³-hybridized carbons (Fsp3) is 0.429. The number of carbonyl (C=O) groups excluding carboxylic acids is 2. The van der Waals surface area contributed by atoms with Gasteiger partial charge in [0.15, 0.2) is 0 Å². The standard InChI is InChI=1S/C14H19N3O3/c1-20-11-5-2-4-10(8-11)17-13(18)9-16-12-6-3-7-15-14(12)19/h2,4-5,8,12,16H,3,6-7,9H2,1H3,(H,15,19)(H,17,18). The first-order valence-corrected chi connectivity index (χ1v) is 6.64. The minimum absolute atomic E-state index is 0.0366. The van der Waals surface area contributed by atoms with E-state index in [4.69, 9.17) is 4.74 Å². The van der Waals surface area contributed by atoms with E-state index in [1.807, 2.05) is 0 Å². The minimum Gasteiger partial charge on any atom is -0.497 e. The molecule has 1 aromatic carbocycles. The van der Waals surface area contributed by atoms with Crippen molar-refractivity contribution < 1.29 is 14.3 Å². The molecule has 0 aliphatic carbocycles. The molecule has 6 nitrogen and oxygen atoms in total. The van der Waals surface area contributed by atoms with Crippen molar-refractivity contribution in [3.63, 3.8) is 0 Å². The first-order chi connectivity index (χ1) is 9.69. The van der Waals surface area contributed by atoms with Crippen LogP contribution in [0.15, 0.2) is 24.3 Å². The Bertz CT molecular complexity index is 490. The van der Waals surface area contributed by atoms with E-state index < -0.39 is 0 Å². The lowest BCUT2D eigenvalue weighted by atomic mass is 10.1. The molecule has 1 unspecified atom stereocenters. The quantitative estimate of drug-likeness (QED) is 0.732. The summed E-state index contributed by atoms with van der Waals surface area (Å²) in [6, 6.07) is 6.86. The lowest BCUT2D eigenvalue weighted by Crippen LogP contribution is -2.50. The van der Waals surface area contributed by atoms with E-state index in [1.54, 1.807) is 31.4 Å². The van der Waals surface area contributed by atoms with Gasteiger partial charge >= 0.3 is 0 Å². The third-order valence-electron chi connectivity index (χ3n) is 3.15. The first kappa shape index (κ1) is 14.3. The van der Waals surface area contributed by atoms with Crippen LogP contribution in [0.5, 0.6) is 5.75 Å². The molecule has 20 heavy (non-hydrogen) atoms. The van der Waals surface area contributed by atoms with Crippen LogP contribution in [0.2, 0.25) is 0 Å². The number of anilines is 1. The van der Waals surface area contributed by atoms with Gasteiger partial charge in [0.1, 0.15) is 5.75 Å². The van der Waals surface area contributed by atoms with Gasteiger partial charge in [0.25, 0.3) is 0 Å². The van der Waals surface area contributed by atoms with Gasteiger partial charge in [-0.25, -0.2) is 0 Å². The Kier molecular flexibility index (Phi) is 4.95. The van der Waals surface area contributed by atoms with Gasteiger partial charge in [-0.05, 0) is 25.0 Å². The van der Waals surface area contributed by atoms with E-state index in [0.29, 0.717) is 18.0 Å². The third-order valence-corrected chi connectivity index (χ3v) is 3.15. The topological polar surface area (TPSA) is 79.5 Å². The van der Waals surface area contributed by atoms with Crippen LogP contribution in [0.1, 0.15) is 12.8 Å². The number of hydrogen-bond acceptors (Lipinski definition) is 4. The number of amides is 2. The van der Waals surface area contributed by atoms with Gasteiger partial charge < -0.3 is 15.4 Å². The van der Waals surface area contributed by atoms with Crippen LogP contribution in [-0.4, -0.2) is 38.1 Å². The zero-order valence-corrected chi connectivity index (χ0v) is 11.4. The van der Waals surface area contributed by atoms with Crippen LogP contribution in [0.3, 0.4) is 0 Å². The molecule has 1 atom stereocenters. The Hall–Kier alpha value is -2.08. The Morgan fingerprint density at radius 1 is 1.50 bits per heavy atom. The molecule has 1 saturated heterocycles. The van der Waals surface area contributed by atoms with Crippen molar-refractivity contribution in [1.82, 2.24) is 10.6 Å². The van der Waals surface area contributed by atoms with E-state index >= 15 is 0 Å². The number of hydrogen-bond donors (Lipinski definition) is 3. The van der Waals surface area contributed by atoms with Crippen molar-refractivity contribution in [3.05, 3.63) is 24.3 Å². The van der Waals surface area contributed by atoms with Crippen molar-refractivity contribution in [1.29, 1.82) is 0 Å². The summed E-state index contributed by atoms with van der Waals surface area (Å²) in [4.78, 5) is 23.3. The summed E-state index contributed by atoms with van der Waals surface area (Å²) in [5, 5.41) is 8.49. The number of carbonyl (C=O) groups is 2. The monoisotopic (exact) mass is 277 g/mol. The molecule has 0 saturated carbocycles. The SMILES string of the molecule is COc1cccc(NC(=O)CNC2CCCNC2=O)c1. The van der Waals surface area contributed by atoms with Crippen LogP contribution in [0, 0.1) is 0 Å². The molecule has 6 heteroatoms. The number of ether oxygens (including phenoxy) is 1. The van der Waals surface area contributed by atoms with Crippen LogP contribution in [0.25, 0.3) is 0 Å². The second-order valence-corrected chi connectivity index (χ2v) is 4.65. The second-order valence-electron chi connectivity index (χ2n) is 4.65. The first-order valence-electron chi connectivity index (χ1n) is 6.64. The fourth-order valence-electron chi connectivity index (χ4n) is 2.09. The number of rotatable bonds is 5. The van der Waals surface area contributed by atoms with Gasteiger partial charge in [0.2, 0.25) is 11.8 Å². The van der Waals surface area contributed by atoms with Gasteiger partial charge in [-0.3, -0.25) is 14.9 Å². The lowest BCUT2D eigenvalue weighted by Gasteiger charge is -2.22. The van der Waals surface area contributed by atoms with Crippen molar-refractivity contribution in [2.75, 3.05) is 25.5 Å². The summed E-state index contributed by atoms with van der Waals surface area (Å²) >= 11 is 0. The van der Waals surface area contributed by atoms with Gasteiger partial charge in [-0.2, -0.15) is 0 Å². The third kappa shape index (κ3) is 3.96. The summed E-state index contributed by atoms with van der Waals surface area (Å²) in [7, 11) is 1.57. The van der Waals surface area contributed by atoms with E-state index in [0.717, 1.165) is 12.8 Å². The number of nitrogens with one attached hydrogen (secondary N) is 3. The Morgan fingerprint density at radius 3 is 3.10 bits per heavy atom. The van der Waals surface area contributed by atoms with Crippen LogP contribution < -0.4 is 20.7 Å². The average molecular weight is 277 g/mol. The van der Waals surface area contributed by atoms with E-state index in [-0.39, 0.29) is 24.4 Å². The molecular formula is C14H19N3O3. The molecule has 1 fully saturated rings. The van der Waals surface area contributed by atoms with Gasteiger partial charge in [-0.1, -0.05) is 6.07 Å². The molecule has 108 valence electrons. The van der Waals surface area contributed by atoms with E-state index in [2.05, 4.69) is 16.0 Å². The highest BCUT2D eigenvalue weighted by molar-refractivity contribution is 5.93. The zero-order valence-electron chi connectivity index (χ0n) is 11.4. The Balaban J connectivity index is 1.81. The lowest BCUT2D eigenvalue weighted by molar-refractivity contribution is -0.124. The summed E-state index contributed by atoms with van der Waals surface area (Å²) in [5.41, 5.74) is 0.671. The van der Waals surface area contributed by atoms with E-state index in [9.17, 15) is 9.59 Å². The molecule has 3 N–H and O–H groups in total. The van der Waals surface area contributed by atoms with Gasteiger partial charge in [0, 0.05) is 18.3 Å². The highest BCUT2D eigenvalue weighted by Gasteiger charge is 2.21. The Labute approximate surface area is 117 Å². The highest BCUT2D eigenvalue weighted by Crippen LogP contribution is 2.16. The second kappa shape index (κ2) is 6.91. The van der Waals surface area contributed by atoms with Crippen molar-refractivity contribution >= 4 is 17.5 Å². The highest BCUT2D eigenvalue weighted by atomic mass is 16.5. The summed E-state index contributed by atoms with van der Waals surface area (Å²) < 4.78 is 5.09. The molecule has 1 heterocycles. The molecule has 1 aromatic rings. The summed E-state index contributed by atoms with van der Waals surface area (Å²) in [5.74, 6) is 0.462. The van der Waals surface area contributed by atoms with Crippen molar-refractivity contribution in [2.45, 2.75) is 18.9 Å². The van der Waals surface area contributed by atoms with Crippen molar-refractivity contribution in [2.24, 2.45) is 0 Å². The van der Waals surface area contributed by atoms with E-state index in [1.165, 1.54) is 0 Å². The normalized spacial score (nSPS) is 18.2. The molecule has 2 amide bonds. The van der Waals surface area contributed by atoms with Gasteiger partial charge in [0.05, 0.1) is 19.7 Å². The molecule has 1 aliphatic rings. The molecule has 0 spiro atoms. The smallest absolute Gasteiger partial charge is 0.238 e. The fourth-order valence-corrected chi connectivity index (χ4v) is 2.09. The molecule has 0 radical (unpaired) electrons. The summed E-state index contributed by atoms with van der Waals surface area (Å²) in [6.45, 7) is 0.822. The van der Waals surface area contributed by atoms with Crippen molar-refractivity contribution in [3.8, 4) is 5.75 Å². The maximum absolute atomic E-state index is 11.8. The minimum atomic E-state index is -0.278. The van der Waals surface area contributed by atoms with Crippen LogP contribution in [-0.2, 0) is 9.59 Å². The molecule has 2 rings (SSSR count).